The maximum absolute atomic E-state index is 11.2. The van der Waals surface area contributed by atoms with E-state index in [-0.39, 0.29) is 11.4 Å². The fourth-order valence-electron chi connectivity index (χ4n) is 1.13. The molecule has 0 spiro atoms. The van der Waals surface area contributed by atoms with E-state index in [9.17, 15) is 4.79 Å². The lowest BCUT2D eigenvalue weighted by atomic mass is 9.98. The Morgan fingerprint density at radius 1 is 1.58 bits per heavy atom. The molecule has 0 heterocycles. The second kappa shape index (κ2) is 4.45. The van der Waals surface area contributed by atoms with Gasteiger partial charge in [0, 0.05) is 5.54 Å². The van der Waals surface area contributed by atoms with Gasteiger partial charge in [0.2, 0.25) is 5.91 Å². The average molecular weight is 172 g/mol. The summed E-state index contributed by atoms with van der Waals surface area (Å²) in [6.45, 7) is 7.81. The first-order chi connectivity index (χ1) is 5.39. The van der Waals surface area contributed by atoms with Crippen LogP contribution in [0, 0.1) is 0 Å². The lowest BCUT2D eigenvalue weighted by Crippen LogP contribution is -2.49. The standard InChI is InChI=1S/C9H20N2O/c1-5-6-9(3,4)11-8(12)7(2)10/h7H,5-6,10H2,1-4H3,(H,11,12)/t7-/m0/s1. The molecule has 0 fully saturated rings. The van der Waals surface area contributed by atoms with Gasteiger partial charge >= 0.3 is 0 Å². The van der Waals surface area contributed by atoms with E-state index in [0.29, 0.717) is 0 Å². The van der Waals surface area contributed by atoms with Gasteiger partial charge in [0.15, 0.2) is 0 Å². The Morgan fingerprint density at radius 2 is 2.08 bits per heavy atom. The molecule has 0 aliphatic rings. The Morgan fingerprint density at radius 3 is 2.42 bits per heavy atom. The molecule has 0 saturated carbocycles. The molecule has 0 aromatic heterocycles. The minimum atomic E-state index is -0.416. The molecule has 0 radical (unpaired) electrons. The summed E-state index contributed by atoms with van der Waals surface area (Å²) in [6, 6.07) is -0.416. The Balaban J connectivity index is 3.96. The van der Waals surface area contributed by atoms with E-state index >= 15 is 0 Å². The molecule has 0 rings (SSSR count). The van der Waals surface area contributed by atoms with Crippen molar-refractivity contribution < 1.29 is 4.79 Å². The first kappa shape index (κ1) is 11.4. The van der Waals surface area contributed by atoms with E-state index < -0.39 is 6.04 Å². The first-order valence-corrected chi connectivity index (χ1v) is 4.46. The Kier molecular flexibility index (Phi) is 4.24. The normalized spacial score (nSPS) is 14.1. The van der Waals surface area contributed by atoms with Gasteiger partial charge in [0.25, 0.3) is 0 Å². The van der Waals surface area contributed by atoms with Crippen LogP contribution in [0.25, 0.3) is 0 Å². The summed E-state index contributed by atoms with van der Waals surface area (Å²) in [5.41, 5.74) is 5.30. The molecule has 0 aromatic carbocycles. The van der Waals surface area contributed by atoms with E-state index in [0.717, 1.165) is 12.8 Å². The molecular weight excluding hydrogens is 152 g/mol. The number of hydrogen-bond donors (Lipinski definition) is 2. The fourth-order valence-corrected chi connectivity index (χ4v) is 1.13. The number of nitrogens with one attached hydrogen (secondary N) is 1. The SMILES string of the molecule is CCCC(C)(C)NC(=O)[C@H](C)N. The molecule has 0 aliphatic carbocycles. The van der Waals surface area contributed by atoms with Gasteiger partial charge in [-0.25, -0.2) is 0 Å². The van der Waals surface area contributed by atoms with Gasteiger partial charge in [0.05, 0.1) is 6.04 Å². The Bertz CT molecular complexity index is 153. The zero-order chi connectivity index (χ0) is 9.78. The molecule has 3 nitrogen and oxygen atoms in total. The summed E-state index contributed by atoms with van der Waals surface area (Å²) < 4.78 is 0. The zero-order valence-corrected chi connectivity index (χ0v) is 8.48. The van der Waals surface area contributed by atoms with Crippen LogP contribution in [0.2, 0.25) is 0 Å². The van der Waals surface area contributed by atoms with Crippen molar-refractivity contribution in [2.45, 2.75) is 52.1 Å². The predicted molar refractivity (Wildman–Crippen MR) is 50.8 cm³/mol. The molecular formula is C9H20N2O. The molecule has 1 amide bonds. The topological polar surface area (TPSA) is 55.1 Å². The monoisotopic (exact) mass is 172 g/mol. The third kappa shape index (κ3) is 4.34. The van der Waals surface area contributed by atoms with Gasteiger partial charge in [0.1, 0.15) is 0 Å². The second-order valence-electron chi connectivity index (χ2n) is 3.91. The predicted octanol–water partition coefficient (Wildman–Crippen LogP) is 1.03. The van der Waals surface area contributed by atoms with Crippen LogP contribution in [0.3, 0.4) is 0 Å². The summed E-state index contributed by atoms with van der Waals surface area (Å²) in [7, 11) is 0. The van der Waals surface area contributed by atoms with Crippen LogP contribution in [0.4, 0.5) is 0 Å². The number of carbonyl (C=O) groups is 1. The van der Waals surface area contributed by atoms with Gasteiger partial charge in [-0.15, -0.1) is 0 Å². The van der Waals surface area contributed by atoms with E-state index in [2.05, 4.69) is 12.2 Å². The molecule has 0 saturated heterocycles. The van der Waals surface area contributed by atoms with Crippen molar-refractivity contribution >= 4 is 5.91 Å². The highest BCUT2D eigenvalue weighted by molar-refractivity contribution is 5.81. The van der Waals surface area contributed by atoms with E-state index in [1.807, 2.05) is 13.8 Å². The van der Waals surface area contributed by atoms with Crippen LogP contribution in [0.1, 0.15) is 40.5 Å². The molecule has 0 aliphatic heterocycles. The fraction of sp³-hybridized carbons (Fsp3) is 0.889. The third-order valence-corrected chi connectivity index (χ3v) is 1.75. The number of nitrogens with two attached hydrogens (primary N) is 1. The van der Waals surface area contributed by atoms with Crippen LogP contribution in [-0.2, 0) is 4.79 Å². The first-order valence-electron chi connectivity index (χ1n) is 4.46. The summed E-state index contributed by atoms with van der Waals surface area (Å²) in [5.74, 6) is -0.0755. The summed E-state index contributed by atoms with van der Waals surface area (Å²) in [5, 5.41) is 2.89. The van der Waals surface area contributed by atoms with Crippen molar-refractivity contribution in [1.29, 1.82) is 0 Å². The Labute approximate surface area is 74.7 Å². The van der Waals surface area contributed by atoms with Gasteiger partial charge < -0.3 is 11.1 Å². The van der Waals surface area contributed by atoms with Gasteiger partial charge in [-0.1, -0.05) is 13.3 Å². The van der Waals surface area contributed by atoms with Crippen molar-refractivity contribution in [2.24, 2.45) is 5.73 Å². The lowest BCUT2D eigenvalue weighted by Gasteiger charge is -2.26. The average Bonchev–Trinajstić information content (AvgIpc) is 1.85. The molecule has 0 bridgehead atoms. The van der Waals surface area contributed by atoms with Crippen LogP contribution in [0.15, 0.2) is 0 Å². The second-order valence-corrected chi connectivity index (χ2v) is 3.91. The van der Waals surface area contributed by atoms with Gasteiger partial charge in [-0.3, -0.25) is 4.79 Å². The zero-order valence-electron chi connectivity index (χ0n) is 8.48. The van der Waals surface area contributed by atoms with Crippen molar-refractivity contribution in [1.82, 2.24) is 5.32 Å². The minimum absolute atomic E-state index is 0.0755. The number of amides is 1. The molecule has 3 heteroatoms. The molecule has 12 heavy (non-hydrogen) atoms. The van der Waals surface area contributed by atoms with Crippen molar-refractivity contribution in [3.8, 4) is 0 Å². The van der Waals surface area contributed by atoms with Gasteiger partial charge in [-0.05, 0) is 27.2 Å². The minimum Gasteiger partial charge on any atom is -0.350 e. The smallest absolute Gasteiger partial charge is 0.237 e. The summed E-state index contributed by atoms with van der Waals surface area (Å²) >= 11 is 0. The maximum Gasteiger partial charge on any atom is 0.237 e. The highest BCUT2D eigenvalue weighted by atomic mass is 16.2. The van der Waals surface area contributed by atoms with Crippen molar-refractivity contribution in [2.75, 3.05) is 0 Å². The quantitative estimate of drug-likeness (QED) is 0.665. The summed E-state index contributed by atoms with van der Waals surface area (Å²) in [6.07, 6.45) is 2.04. The number of rotatable bonds is 4. The maximum atomic E-state index is 11.2. The van der Waals surface area contributed by atoms with Crippen LogP contribution in [0.5, 0.6) is 0 Å². The molecule has 72 valence electrons. The van der Waals surface area contributed by atoms with Crippen molar-refractivity contribution in [3.63, 3.8) is 0 Å². The van der Waals surface area contributed by atoms with Crippen LogP contribution < -0.4 is 11.1 Å². The van der Waals surface area contributed by atoms with E-state index in [1.165, 1.54) is 0 Å². The number of hydrogen-bond acceptors (Lipinski definition) is 2. The largest absolute Gasteiger partial charge is 0.350 e. The Hall–Kier alpha value is -0.570. The summed E-state index contributed by atoms with van der Waals surface area (Å²) in [4.78, 5) is 11.2. The third-order valence-electron chi connectivity index (χ3n) is 1.75. The van der Waals surface area contributed by atoms with Crippen LogP contribution >= 0.6 is 0 Å². The van der Waals surface area contributed by atoms with Gasteiger partial charge in [-0.2, -0.15) is 0 Å². The van der Waals surface area contributed by atoms with E-state index in [4.69, 9.17) is 5.73 Å². The van der Waals surface area contributed by atoms with Crippen LogP contribution in [-0.4, -0.2) is 17.5 Å². The van der Waals surface area contributed by atoms with Crippen molar-refractivity contribution in [3.05, 3.63) is 0 Å². The number of carbonyl (C=O) groups excluding carboxylic acids is 1. The van der Waals surface area contributed by atoms with E-state index in [1.54, 1.807) is 6.92 Å². The lowest BCUT2D eigenvalue weighted by molar-refractivity contribution is -0.123. The molecule has 1 atom stereocenters. The highest BCUT2D eigenvalue weighted by Gasteiger charge is 2.20. The molecule has 3 N–H and O–H groups in total. The molecule has 0 aromatic rings. The molecule has 0 unspecified atom stereocenters. The highest BCUT2D eigenvalue weighted by Crippen LogP contribution is 2.10.